The van der Waals surface area contributed by atoms with Gasteiger partial charge in [-0.1, -0.05) is 69.2 Å². The maximum Gasteiger partial charge on any atom is 0.192 e. The van der Waals surface area contributed by atoms with E-state index in [1.54, 1.807) is 14.2 Å². The molecule has 0 aliphatic rings. The third-order valence-corrected chi connectivity index (χ3v) is 16.8. The molecule has 0 aliphatic heterocycles. The molecule has 8 nitrogen and oxygen atoms in total. The van der Waals surface area contributed by atoms with Gasteiger partial charge in [0.1, 0.15) is 0 Å². The summed E-state index contributed by atoms with van der Waals surface area (Å²) in [5.41, 5.74) is 0. The highest BCUT2D eigenvalue weighted by molar-refractivity contribution is 6.74. The number of aliphatic hydroxyl groups is 4. The Morgan fingerprint density at radius 2 is 0.900 bits per heavy atom. The van der Waals surface area contributed by atoms with Crippen LogP contribution in [0.4, 0.5) is 0 Å². The summed E-state index contributed by atoms with van der Waals surface area (Å²) in [7, 11) is 0.131. The van der Waals surface area contributed by atoms with E-state index in [0.717, 1.165) is 25.9 Å². The summed E-state index contributed by atoms with van der Waals surface area (Å²) in [6.07, 6.45) is 2.80. The summed E-state index contributed by atoms with van der Waals surface area (Å²) >= 11 is 0. The van der Waals surface area contributed by atoms with Gasteiger partial charge in [-0.3, -0.25) is 0 Å². The van der Waals surface area contributed by atoms with E-state index in [0.29, 0.717) is 18.1 Å². The normalized spacial score (nSPS) is 15.3. The number of rotatable bonds is 14. The zero-order chi connectivity index (χ0) is 32.8. The number of aliphatic hydroxyl groups excluding tert-OH is 4. The average molecular weight is 617 g/mol. The number of hydrogen-bond acceptors (Lipinski definition) is 8. The van der Waals surface area contributed by atoms with Gasteiger partial charge in [0.15, 0.2) is 16.6 Å². The molecule has 0 spiro atoms. The van der Waals surface area contributed by atoms with Crippen LogP contribution in [0.5, 0.6) is 0 Å². The fourth-order valence-electron chi connectivity index (χ4n) is 2.01. The molecule has 0 bridgehead atoms. The van der Waals surface area contributed by atoms with E-state index in [9.17, 15) is 5.11 Å². The maximum atomic E-state index is 9.38. The molecule has 10 heteroatoms. The second-order valence-corrected chi connectivity index (χ2v) is 22.8. The predicted octanol–water partition coefficient (Wildman–Crippen LogP) is 6.37. The lowest BCUT2D eigenvalue weighted by Crippen LogP contribution is -2.42. The molecule has 248 valence electrons. The van der Waals surface area contributed by atoms with Crippen LogP contribution in [0, 0.1) is 0 Å². The van der Waals surface area contributed by atoms with Crippen LogP contribution >= 0.6 is 0 Å². The smallest absolute Gasteiger partial charge is 0.192 e. The first kappa shape index (κ1) is 47.1. The average Bonchev–Trinajstić information content (AvgIpc) is 2.88. The number of hydrogen-bond donors (Lipinski definition) is 4. The van der Waals surface area contributed by atoms with Crippen LogP contribution in [-0.4, -0.2) is 102 Å². The van der Waals surface area contributed by atoms with Crippen LogP contribution < -0.4 is 0 Å². The summed E-state index contributed by atoms with van der Waals surface area (Å²) in [5.74, 6) is 0. The quantitative estimate of drug-likeness (QED) is 0.166. The Balaban J connectivity index is -0.000000229. The predicted molar refractivity (Wildman–Crippen MR) is 175 cm³/mol. The molecule has 0 radical (unpaired) electrons. The minimum absolute atomic E-state index is 0.0417. The van der Waals surface area contributed by atoms with Crippen LogP contribution in [0.3, 0.4) is 0 Å². The Labute approximate surface area is 251 Å². The molecule has 4 unspecified atom stereocenters. The molecule has 0 saturated carbocycles. The van der Waals surface area contributed by atoms with Crippen molar-refractivity contribution in [1.82, 2.24) is 0 Å². The van der Waals surface area contributed by atoms with Gasteiger partial charge in [0.05, 0.1) is 50.8 Å². The summed E-state index contributed by atoms with van der Waals surface area (Å²) in [6.45, 7) is 31.5. The third kappa shape index (κ3) is 24.7. The molecule has 0 fully saturated rings. The van der Waals surface area contributed by atoms with Gasteiger partial charge in [0, 0.05) is 14.2 Å². The summed E-state index contributed by atoms with van der Waals surface area (Å²) in [5, 5.41) is 34.8. The Bertz CT molecular complexity index is 531. The van der Waals surface area contributed by atoms with Crippen molar-refractivity contribution >= 4 is 16.6 Å². The fourth-order valence-corrected chi connectivity index (χ4v) is 4.09. The fraction of sp³-hybridized carbons (Fsp3) is 1.00. The summed E-state index contributed by atoms with van der Waals surface area (Å²) in [4.78, 5) is 0. The second kappa shape index (κ2) is 24.5. The van der Waals surface area contributed by atoms with Crippen molar-refractivity contribution in [3.05, 3.63) is 0 Å². The summed E-state index contributed by atoms with van der Waals surface area (Å²) in [6, 6.07) is 0. The van der Waals surface area contributed by atoms with Crippen LogP contribution in [0.15, 0.2) is 0 Å². The topological polar surface area (TPSA) is 118 Å². The molecule has 40 heavy (non-hydrogen) atoms. The second-order valence-electron chi connectivity index (χ2n) is 13.2. The van der Waals surface area contributed by atoms with E-state index in [4.69, 9.17) is 33.6 Å². The number of ether oxygens (including phenoxy) is 2. The Hall–Kier alpha value is 0.114. The molecule has 4 atom stereocenters. The zero-order valence-electron chi connectivity index (χ0n) is 29.4. The monoisotopic (exact) mass is 616 g/mol. The number of methoxy groups -OCH3 is 2. The van der Waals surface area contributed by atoms with Crippen LogP contribution in [0.25, 0.3) is 0 Å². The highest BCUT2D eigenvalue weighted by Crippen LogP contribution is 2.37. The van der Waals surface area contributed by atoms with Crippen LogP contribution in [0.1, 0.15) is 94.9 Å². The van der Waals surface area contributed by atoms with Gasteiger partial charge in [-0.15, -0.1) is 0 Å². The molecule has 0 aromatic rings. The first-order valence-electron chi connectivity index (χ1n) is 15.0. The van der Waals surface area contributed by atoms with Crippen LogP contribution in [-0.2, 0) is 18.3 Å². The van der Waals surface area contributed by atoms with Gasteiger partial charge in [-0.05, 0) is 61.9 Å². The van der Waals surface area contributed by atoms with E-state index in [1.807, 2.05) is 20.8 Å². The molecule has 0 rings (SSSR count). The molecule has 0 aromatic carbocycles. The lowest BCUT2D eigenvalue weighted by molar-refractivity contribution is 0.0467. The van der Waals surface area contributed by atoms with E-state index < -0.39 is 22.7 Å². The maximum absolute atomic E-state index is 9.38. The van der Waals surface area contributed by atoms with E-state index in [2.05, 4.69) is 74.7 Å². The lowest BCUT2D eigenvalue weighted by Gasteiger charge is -2.37. The minimum atomic E-state index is -1.64. The largest absolute Gasteiger partial charge is 0.414 e. The summed E-state index contributed by atoms with van der Waals surface area (Å²) < 4.78 is 22.0. The van der Waals surface area contributed by atoms with Crippen molar-refractivity contribution in [1.29, 1.82) is 0 Å². The van der Waals surface area contributed by atoms with Crippen molar-refractivity contribution < 1.29 is 38.8 Å². The Kier molecular flexibility index (Phi) is 28.9. The zero-order valence-corrected chi connectivity index (χ0v) is 31.4. The molecule has 0 saturated heterocycles. The third-order valence-electron chi connectivity index (χ3n) is 7.81. The van der Waals surface area contributed by atoms with E-state index in [1.165, 1.54) is 0 Å². The highest BCUT2D eigenvalue weighted by Gasteiger charge is 2.38. The van der Waals surface area contributed by atoms with E-state index in [-0.39, 0.29) is 36.6 Å². The van der Waals surface area contributed by atoms with Gasteiger partial charge >= 0.3 is 0 Å². The van der Waals surface area contributed by atoms with E-state index >= 15 is 0 Å². The van der Waals surface area contributed by atoms with Gasteiger partial charge in [-0.2, -0.15) is 0 Å². The molecule has 4 N–H and O–H groups in total. The van der Waals surface area contributed by atoms with Crippen molar-refractivity contribution in [3.8, 4) is 0 Å². The molecule has 0 aromatic heterocycles. The van der Waals surface area contributed by atoms with Crippen molar-refractivity contribution in [2.24, 2.45) is 0 Å². The van der Waals surface area contributed by atoms with Gasteiger partial charge < -0.3 is 38.8 Å². The van der Waals surface area contributed by atoms with Gasteiger partial charge in [-0.25, -0.2) is 0 Å². The van der Waals surface area contributed by atoms with Crippen molar-refractivity contribution in [2.75, 3.05) is 40.6 Å². The SMILES string of the molecule is CCC(CO)OC.CCC(CO[Si](C)(C)C(C)(C)C)OC.CCC(O)CO.CCC(O)CO[Si](C)(C)C(C)(C)C. The molecule has 0 heterocycles. The highest BCUT2D eigenvalue weighted by atomic mass is 28.4. The first-order chi connectivity index (χ1) is 18.1. The molecular formula is C30H72O8Si2. The minimum Gasteiger partial charge on any atom is -0.414 e. The lowest BCUT2D eigenvalue weighted by atomic mass is 10.2. The van der Waals surface area contributed by atoms with Gasteiger partial charge in [0.25, 0.3) is 0 Å². The Morgan fingerprint density at radius 1 is 0.550 bits per heavy atom. The molecular weight excluding hydrogens is 544 g/mol. The first-order valence-corrected chi connectivity index (χ1v) is 20.8. The molecule has 0 aliphatic carbocycles. The van der Waals surface area contributed by atoms with Crippen molar-refractivity contribution in [2.45, 2.75) is 156 Å². The van der Waals surface area contributed by atoms with Crippen molar-refractivity contribution in [3.63, 3.8) is 0 Å². The standard InChI is InChI=1S/C11H26O2Si.C10H24O2Si.C5H12O2.C4H10O2/c1-8-10(12-5)9-13-14(6,7)11(2,3)4;1-7-9(11)8-12-13(5,6)10(2,3)4;1-3-5(4-6)7-2;1-2-4(6)3-5/h10H,8-9H2,1-7H3;9,11H,7-8H2,1-6H3;5-6H,3-4H2,1-2H3;4-6H,2-3H2,1H3. The van der Waals surface area contributed by atoms with Gasteiger partial charge in [0.2, 0.25) is 0 Å². The van der Waals surface area contributed by atoms with Crippen LogP contribution in [0.2, 0.25) is 36.3 Å². The Morgan fingerprint density at radius 3 is 1.07 bits per heavy atom. The molecule has 0 amide bonds.